The summed E-state index contributed by atoms with van der Waals surface area (Å²) in [6.45, 7) is 3.72. The molecule has 0 radical (unpaired) electrons. The summed E-state index contributed by atoms with van der Waals surface area (Å²) in [6, 6.07) is 6.45. The van der Waals surface area contributed by atoms with Gasteiger partial charge in [-0.25, -0.2) is 4.39 Å². The monoisotopic (exact) mass is 276 g/mol. The van der Waals surface area contributed by atoms with Crippen LogP contribution in [0.25, 0.3) is 0 Å². The molecule has 0 saturated heterocycles. The predicted molar refractivity (Wildman–Crippen MR) is 73.8 cm³/mol. The van der Waals surface area contributed by atoms with E-state index in [0.29, 0.717) is 24.2 Å². The Morgan fingerprint density at radius 1 is 1.50 bits per heavy atom. The van der Waals surface area contributed by atoms with Gasteiger partial charge in [0.05, 0.1) is 0 Å². The molecule has 2 aromatic rings. The Morgan fingerprint density at radius 3 is 2.95 bits per heavy atom. The summed E-state index contributed by atoms with van der Waals surface area (Å²) in [4.78, 5) is 11.9. The molecule has 1 amide bonds. The number of nitrogens with zero attached hydrogens (tertiary/aromatic N) is 1. The molecule has 1 aromatic carbocycles. The van der Waals surface area contributed by atoms with E-state index in [2.05, 4.69) is 10.5 Å². The van der Waals surface area contributed by atoms with E-state index in [9.17, 15) is 9.18 Å². The molecule has 0 aliphatic carbocycles. The predicted octanol–water partition coefficient (Wildman–Crippen LogP) is 3.33. The van der Waals surface area contributed by atoms with Crippen molar-refractivity contribution < 1.29 is 13.7 Å². The van der Waals surface area contributed by atoms with E-state index in [1.54, 1.807) is 13.0 Å². The minimum absolute atomic E-state index is 0.0970. The minimum atomic E-state index is -0.251. The first-order valence-electron chi connectivity index (χ1n) is 6.50. The zero-order valence-electron chi connectivity index (χ0n) is 11.5. The highest BCUT2D eigenvalue weighted by Crippen LogP contribution is 2.16. The average molecular weight is 276 g/mol. The Labute approximate surface area is 117 Å². The lowest BCUT2D eigenvalue weighted by molar-refractivity contribution is -0.116. The van der Waals surface area contributed by atoms with Gasteiger partial charge in [-0.2, -0.15) is 0 Å². The Balaban J connectivity index is 1.86. The smallest absolute Gasteiger partial charge is 0.224 e. The molecule has 0 aliphatic heterocycles. The zero-order valence-corrected chi connectivity index (χ0v) is 11.5. The molecular weight excluding hydrogens is 259 g/mol. The number of hydrogen-bond donors (Lipinski definition) is 1. The lowest BCUT2D eigenvalue weighted by Crippen LogP contribution is -2.16. The van der Waals surface area contributed by atoms with Gasteiger partial charge in [-0.05, 0) is 37.0 Å². The zero-order chi connectivity index (χ0) is 14.5. The minimum Gasteiger partial charge on any atom is -0.362 e. The van der Waals surface area contributed by atoms with Crippen molar-refractivity contribution >= 4 is 11.6 Å². The standard InChI is InChI=1S/C15H17FN2O2/c1-10(6-12-4-3-5-13(16)8-12)7-15(19)17-14-9-20-18-11(14)2/h3-5,8-10H,6-7H2,1-2H3,(H,17,19). The van der Waals surface area contributed by atoms with Gasteiger partial charge in [0.2, 0.25) is 5.91 Å². The molecule has 1 unspecified atom stereocenters. The second kappa shape index (κ2) is 6.32. The van der Waals surface area contributed by atoms with Crippen LogP contribution in [0.1, 0.15) is 24.6 Å². The Hall–Kier alpha value is -2.17. The maximum absolute atomic E-state index is 13.1. The molecular formula is C15H17FN2O2. The average Bonchev–Trinajstić information content (AvgIpc) is 2.74. The molecule has 1 atom stereocenters. The van der Waals surface area contributed by atoms with Gasteiger partial charge in [0.1, 0.15) is 23.5 Å². The highest BCUT2D eigenvalue weighted by molar-refractivity contribution is 5.91. The molecule has 0 bridgehead atoms. The molecule has 1 heterocycles. The third-order valence-electron chi connectivity index (χ3n) is 3.03. The van der Waals surface area contributed by atoms with Crippen LogP contribution in [0.4, 0.5) is 10.1 Å². The third kappa shape index (κ3) is 3.91. The molecule has 4 nitrogen and oxygen atoms in total. The van der Waals surface area contributed by atoms with Gasteiger partial charge in [0.25, 0.3) is 0 Å². The SMILES string of the molecule is Cc1nocc1NC(=O)CC(C)Cc1cccc(F)c1. The van der Waals surface area contributed by atoms with E-state index in [4.69, 9.17) is 4.52 Å². The Morgan fingerprint density at radius 2 is 2.30 bits per heavy atom. The largest absolute Gasteiger partial charge is 0.362 e. The third-order valence-corrected chi connectivity index (χ3v) is 3.03. The van der Waals surface area contributed by atoms with Crippen LogP contribution in [0.15, 0.2) is 35.1 Å². The van der Waals surface area contributed by atoms with Gasteiger partial charge in [-0.3, -0.25) is 4.79 Å². The van der Waals surface area contributed by atoms with Gasteiger partial charge in [0, 0.05) is 6.42 Å². The molecule has 0 spiro atoms. The van der Waals surface area contributed by atoms with E-state index in [0.717, 1.165) is 5.56 Å². The van der Waals surface area contributed by atoms with Gasteiger partial charge in [-0.1, -0.05) is 24.2 Å². The van der Waals surface area contributed by atoms with Gasteiger partial charge in [0.15, 0.2) is 0 Å². The van der Waals surface area contributed by atoms with E-state index in [-0.39, 0.29) is 17.6 Å². The summed E-state index contributed by atoms with van der Waals surface area (Å²) in [6.07, 6.45) is 2.43. The van der Waals surface area contributed by atoms with Crippen molar-refractivity contribution in [2.45, 2.75) is 26.7 Å². The Bertz CT molecular complexity index is 595. The van der Waals surface area contributed by atoms with Crippen molar-refractivity contribution in [1.29, 1.82) is 0 Å². The lowest BCUT2D eigenvalue weighted by atomic mass is 9.97. The topological polar surface area (TPSA) is 55.1 Å². The van der Waals surface area contributed by atoms with Crippen LogP contribution >= 0.6 is 0 Å². The highest BCUT2D eigenvalue weighted by atomic mass is 19.1. The van der Waals surface area contributed by atoms with Crippen molar-refractivity contribution in [2.24, 2.45) is 5.92 Å². The van der Waals surface area contributed by atoms with Crippen molar-refractivity contribution in [3.05, 3.63) is 47.6 Å². The number of aryl methyl sites for hydroxylation is 1. The summed E-state index contributed by atoms with van der Waals surface area (Å²) in [5.41, 5.74) is 2.13. The first-order chi connectivity index (χ1) is 9.54. The highest BCUT2D eigenvalue weighted by Gasteiger charge is 2.12. The van der Waals surface area contributed by atoms with Crippen LogP contribution in [-0.2, 0) is 11.2 Å². The van der Waals surface area contributed by atoms with Gasteiger partial charge in [-0.15, -0.1) is 0 Å². The number of rotatable bonds is 5. The summed E-state index contributed by atoms with van der Waals surface area (Å²) < 4.78 is 17.8. The molecule has 0 aliphatic rings. The number of carbonyl (C=O) groups is 1. The summed E-state index contributed by atoms with van der Waals surface area (Å²) >= 11 is 0. The maximum Gasteiger partial charge on any atom is 0.224 e. The Kier molecular flexibility index (Phi) is 4.50. The van der Waals surface area contributed by atoms with E-state index < -0.39 is 0 Å². The normalized spacial score (nSPS) is 12.2. The van der Waals surface area contributed by atoms with Crippen molar-refractivity contribution in [2.75, 3.05) is 5.32 Å². The second-order valence-corrected chi connectivity index (χ2v) is 5.01. The van der Waals surface area contributed by atoms with Crippen molar-refractivity contribution in [1.82, 2.24) is 5.16 Å². The summed E-state index contributed by atoms with van der Waals surface area (Å²) in [7, 11) is 0. The first kappa shape index (κ1) is 14.2. The van der Waals surface area contributed by atoms with Crippen LogP contribution in [0, 0.1) is 18.7 Å². The van der Waals surface area contributed by atoms with Crippen molar-refractivity contribution in [3.63, 3.8) is 0 Å². The van der Waals surface area contributed by atoms with Crippen LogP contribution in [-0.4, -0.2) is 11.1 Å². The van der Waals surface area contributed by atoms with Crippen LogP contribution in [0.3, 0.4) is 0 Å². The molecule has 2 rings (SSSR count). The van der Waals surface area contributed by atoms with Crippen LogP contribution < -0.4 is 5.32 Å². The number of aromatic nitrogens is 1. The fourth-order valence-corrected chi connectivity index (χ4v) is 2.07. The van der Waals surface area contributed by atoms with E-state index in [1.807, 2.05) is 13.0 Å². The van der Waals surface area contributed by atoms with Crippen molar-refractivity contribution in [3.8, 4) is 0 Å². The number of hydrogen-bond acceptors (Lipinski definition) is 3. The number of benzene rings is 1. The molecule has 5 heteroatoms. The van der Waals surface area contributed by atoms with Gasteiger partial charge >= 0.3 is 0 Å². The maximum atomic E-state index is 13.1. The van der Waals surface area contributed by atoms with Crippen LogP contribution in [0.2, 0.25) is 0 Å². The number of amides is 1. The van der Waals surface area contributed by atoms with E-state index in [1.165, 1.54) is 18.4 Å². The lowest BCUT2D eigenvalue weighted by Gasteiger charge is -2.11. The molecule has 1 N–H and O–H groups in total. The molecule has 0 fully saturated rings. The van der Waals surface area contributed by atoms with Crippen LogP contribution in [0.5, 0.6) is 0 Å². The summed E-state index contributed by atoms with van der Waals surface area (Å²) in [5.74, 6) is -0.226. The molecule has 20 heavy (non-hydrogen) atoms. The second-order valence-electron chi connectivity index (χ2n) is 5.01. The number of halogens is 1. The molecule has 1 aromatic heterocycles. The number of anilines is 1. The summed E-state index contributed by atoms with van der Waals surface area (Å²) in [5, 5.41) is 6.44. The number of nitrogens with one attached hydrogen (secondary N) is 1. The fourth-order valence-electron chi connectivity index (χ4n) is 2.07. The number of carbonyl (C=O) groups excluding carboxylic acids is 1. The quantitative estimate of drug-likeness (QED) is 0.911. The van der Waals surface area contributed by atoms with E-state index >= 15 is 0 Å². The van der Waals surface area contributed by atoms with Gasteiger partial charge < -0.3 is 9.84 Å². The molecule has 106 valence electrons. The first-order valence-corrected chi connectivity index (χ1v) is 6.50. The fraction of sp³-hybridized carbons (Fsp3) is 0.333. The molecule has 0 saturated carbocycles.